The van der Waals surface area contributed by atoms with Gasteiger partial charge in [-0.05, 0) is 29.8 Å². The van der Waals surface area contributed by atoms with Gasteiger partial charge < -0.3 is 15.2 Å². The molecule has 5 heteroatoms. The van der Waals surface area contributed by atoms with Crippen LogP contribution in [0.5, 0.6) is 11.5 Å². The quantitative estimate of drug-likeness (QED) is 0.767. The predicted molar refractivity (Wildman–Crippen MR) is 77.2 cm³/mol. The van der Waals surface area contributed by atoms with Crippen LogP contribution in [-0.4, -0.2) is 17.5 Å². The fourth-order valence-corrected chi connectivity index (χ4v) is 1.95. The Labute approximate surface area is 122 Å². The lowest BCUT2D eigenvalue weighted by atomic mass is 10.0. The van der Waals surface area contributed by atoms with E-state index in [9.17, 15) is 9.59 Å². The largest absolute Gasteiger partial charge is 0.481 e. The number of ether oxygens (including phenoxy) is 1. The Hall–Kier alpha value is -2.82. The van der Waals surface area contributed by atoms with Crippen molar-refractivity contribution in [3.63, 3.8) is 0 Å². The van der Waals surface area contributed by atoms with Crippen LogP contribution in [0.2, 0.25) is 0 Å². The van der Waals surface area contributed by atoms with Crippen molar-refractivity contribution in [1.29, 1.82) is 0 Å². The molecule has 2 aromatic carbocycles. The van der Waals surface area contributed by atoms with Crippen LogP contribution >= 0.6 is 0 Å². The van der Waals surface area contributed by atoms with Crippen LogP contribution in [0, 0.1) is 0 Å². The Kier molecular flexibility index (Phi) is 4.93. The summed E-state index contributed by atoms with van der Waals surface area (Å²) >= 11 is 0. The average Bonchev–Trinajstić information content (AvgIpc) is 2.48. The molecule has 0 aromatic heterocycles. The summed E-state index contributed by atoms with van der Waals surface area (Å²) in [7, 11) is 0. The van der Waals surface area contributed by atoms with E-state index in [-0.39, 0.29) is 6.42 Å². The molecule has 1 amide bonds. The third-order valence-electron chi connectivity index (χ3n) is 2.89. The average molecular weight is 285 g/mol. The van der Waals surface area contributed by atoms with E-state index in [1.165, 1.54) is 0 Å². The first kappa shape index (κ1) is 14.6. The third kappa shape index (κ3) is 4.35. The van der Waals surface area contributed by atoms with Crippen molar-refractivity contribution in [3.05, 3.63) is 60.2 Å². The number of hydrogen-bond donors (Lipinski definition) is 2. The van der Waals surface area contributed by atoms with Crippen LogP contribution in [0.25, 0.3) is 0 Å². The summed E-state index contributed by atoms with van der Waals surface area (Å²) in [6.45, 7) is 0. The molecule has 1 unspecified atom stereocenters. The Bertz CT molecular complexity index is 613. The SMILES string of the molecule is O=CNC(CC(=O)O)c1cccc(Oc2ccccc2)c1. The zero-order valence-corrected chi connectivity index (χ0v) is 11.2. The number of nitrogens with one attached hydrogen (secondary N) is 1. The van der Waals surface area contributed by atoms with Crippen molar-refractivity contribution in [1.82, 2.24) is 5.32 Å². The molecule has 0 bridgehead atoms. The van der Waals surface area contributed by atoms with Crippen LogP contribution in [-0.2, 0) is 9.59 Å². The molecule has 108 valence electrons. The Morgan fingerprint density at radius 3 is 2.52 bits per heavy atom. The van der Waals surface area contributed by atoms with Gasteiger partial charge in [0.2, 0.25) is 6.41 Å². The second kappa shape index (κ2) is 7.09. The van der Waals surface area contributed by atoms with Crippen LogP contribution in [0.1, 0.15) is 18.0 Å². The van der Waals surface area contributed by atoms with E-state index >= 15 is 0 Å². The molecule has 2 N–H and O–H groups in total. The minimum Gasteiger partial charge on any atom is -0.481 e. The highest BCUT2D eigenvalue weighted by atomic mass is 16.5. The van der Waals surface area contributed by atoms with Crippen molar-refractivity contribution in [2.45, 2.75) is 12.5 Å². The van der Waals surface area contributed by atoms with Gasteiger partial charge in [0.15, 0.2) is 0 Å². The van der Waals surface area contributed by atoms with E-state index in [1.54, 1.807) is 24.3 Å². The lowest BCUT2D eigenvalue weighted by Gasteiger charge is -2.15. The molecule has 0 saturated carbocycles. The molecule has 0 radical (unpaired) electrons. The first-order valence-electron chi connectivity index (χ1n) is 6.43. The molecule has 0 saturated heterocycles. The van der Waals surface area contributed by atoms with Crippen molar-refractivity contribution in [3.8, 4) is 11.5 Å². The van der Waals surface area contributed by atoms with Crippen molar-refractivity contribution < 1.29 is 19.4 Å². The topological polar surface area (TPSA) is 75.6 Å². The zero-order valence-electron chi connectivity index (χ0n) is 11.2. The molecule has 0 fully saturated rings. The second-order valence-corrected chi connectivity index (χ2v) is 4.42. The summed E-state index contributed by atoms with van der Waals surface area (Å²) in [5.74, 6) is 0.290. The smallest absolute Gasteiger partial charge is 0.305 e. The Morgan fingerprint density at radius 1 is 1.14 bits per heavy atom. The van der Waals surface area contributed by atoms with Gasteiger partial charge in [0.05, 0.1) is 12.5 Å². The molecule has 0 spiro atoms. The van der Waals surface area contributed by atoms with Crippen LogP contribution in [0.3, 0.4) is 0 Å². The van der Waals surface area contributed by atoms with Gasteiger partial charge in [-0.1, -0.05) is 30.3 Å². The molecule has 5 nitrogen and oxygen atoms in total. The number of carbonyl (C=O) groups excluding carboxylic acids is 1. The predicted octanol–water partition coefficient (Wildman–Crippen LogP) is 2.74. The molecule has 21 heavy (non-hydrogen) atoms. The normalized spacial score (nSPS) is 11.4. The van der Waals surface area contributed by atoms with Crippen LogP contribution < -0.4 is 10.1 Å². The van der Waals surface area contributed by atoms with E-state index in [0.717, 1.165) is 0 Å². The number of para-hydroxylation sites is 1. The monoisotopic (exact) mass is 285 g/mol. The molecule has 1 atom stereocenters. The Morgan fingerprint density at radius 2 is 1.86 bits per heavy atom. The molecule has 0 aliphatic heterocycles. The lowest BCUT2D eigenvalue weighted by Crippen LogP contribution is -2.22. The molecule has 0 heterocycles. The molecular weight excluding hydrogens is 270 g/mol. The highest BCUT2D eigenvalue weighted by Gasteiger charge is 2.15. The lowest BCUT2D eigenvalue weighted by molar-refractivity contribution is -0.137. The summed E-state index contributed by atoms with van der Waals surface area (Å²) < 4.78 is 5.69. The highest BCUT2D eigenvalue weighted by Crippen LogP contribution is 2.25. The number of hydrogen-bond acceptors (Lipinski definition) is 3. The van der Waals surface area contributed by atoms with Gasteiger partial charge >= 0.3 is 5.97 Å². The van der Waals surface area contributed by atoms with E-state index in [1.807, 2.05) is 30.3 Å². The number of carbonyl (C=O) groups is 2. The van der Waals surface area contributed by atoms with Crippen LogP contribution in [0.4, 0.5) is 0 Å². The van der Waals surface area contributed by atoms with E-state index in [2.05, 4.69) is 5.32 Å². The maximum atomic E-state index is 10.8. The van der Waals surface area contributed by atoms with Gasteiger partial charge in [-0.25, -0.2) is 0 Å². The maximum absolute atomic E-state index is 10.8. The van der Waals surface area contributed by atoms with Crippen molar-refractivity contribution in [2.24, 2.45) is 0 Å². The molecule has 2 aromatic rings. The number of rotatable bonds is 7. The molecular formula is C16H15NO4. The fraction of sp³-hybridized carbons (Fsp3) is 0.125. The van der Waals surface area contributed by atoms with E-state index in [4.69, 9.17) is 9.84 Å². The molecule has 0 aliphatic rings. The number of carboxylic acid groups (broad SMARTS) is 1. The van der Waals surface area contributed by atoms with Gasteiger partial charge in [-0.15, -0.1) is 0 Å². The summed E-state index contributed by atoms with van der Waals surface area (Å²) in [6, 6.07) is 15.7. The summed E-state index contributed by atoms with van der Waals surface area (Å²) in [4.78, 5) is 21.5. The van der Waals surface area contributed by atoms with Gasteiger partial charge in [0, 0.05) is 0 Å². The molecule has 2 rings (SSSR count). The van der Waals surface area contributed by atoms with Crippen molar-refractivity contribution >= 4 is 12.4 Å². The van der Waals surface area contributed by atoms with E-state index < -0.39 is 12.0 Å². The van der Waals surface area contributed by atoms with Crippen LogP contribution in [0.15, 0.2) is 54.6 Å². The summed E-state index contributed by atoms with van der Waals surface area (Å²) in [5.41, 5.74) is 0.679. The van der Waals surface area contributed by atoms with Gasteiger partial charge in [-0.3, -0.25) is 9.59 Å². The standard InChI is InChI=1S/C16H15NO4/c18-11-17-15(10-16(19)20)12-5-4-8-14(9-12)21-13-6-2-1-3-7-13/h1-9,11,15H,10H2,(H,17,18)(H,19,20). The van der Waals surface area contributed by atoms with Gasteiger partial charge in [-0.2, -0.15) is 0 Å². The minimum absolute atomic E-state index is 0.187. The fourth-order valence-electron chi connectivity index (χ4n) is 1.95. The van der Waals surface area contributed by atoms with Gasteiger partial charge in [0.1, 0.15) is 11.5 Å². The minimum atomic E-state index is -0.983. The summed E-state index contributed by atoms with van der Waals surface area (Å²) in [5, 5.41) is 11.4. The number of amides is 1. The first-order valence-corrected chi connectivity index (χ1v) is 6.43. The van der Waals surface area contributed by atoms with E-state index in [0.29, 0.717) is 23.5 Å². The number of carboxylic acids is 1. The highest BCUT2D eigenvalue weighted by molar-refractivity contribution is 5.68. The second-order valence-electron chi connectivity index (χ2n) is 4.42. The van der Waals surface area contributed by atoms with Crippen molar-refractivity contribution in [2.75, 3.05) is 0 Å². The molecule has 0 aliphatic carbocycles. The third-order valence-corrected chi connectivity index (χ3v) is 2.89. The zero-order chi connectivity index (χ0) is 15.1. The maximum Gasteiger partial charge on any atom is 0.305 e. The van der Waals surface area contributed by atoms with Gasteiger partial charge in [0.25, 0.3) is 0 Å². The number of benzene rings is 2. The first-order chi connectivity index (χ1) is 10.2. The number of aliphatic carboxylic acids is 1. The summed E-state index contributed by atoms with van der Waals surface area (Å²) in [6.07, 6.45) is 0.311. The Balaban J connectivity index is 2.19.